The standard InChI is InChI=1S/C15H29NO3/c1-12(11-17-2)9-14(16)13-3-6-19-15(10-13)4-7-18-8-5-15/h12-14H,3-11,16H2,1-2H3. The molecule has 0 amide bonds. The van der Waals surface area contributed by atoms with Gasteiger partial charge in [-0.1, -0.05) is 6.92 Å². The van der Waals surface area contributed by atoms with E-state index in [9.17, 15) is 0 Å². The van der Waals surface area contributed by atoms with E-state index in [0.29, 0.717) is 11.8 Å². The topological polar surface area (TPSA) is 53.7 Å². The minimum atomic E-state index is 0.0588. The van der Waals surface area contributed by atoms with Gasteiger partial charge in [0.05, 0.1) is 5.60 Å². The molecule has 0 aromatic rings. The molecule has 0 aromatic carbocycles. The van der Waals surface area contributed by atoms with Gasteiger partial charge >= 0.3 is 0 Å². The van der Waals surface area contributed by atoms with Gasteiger partial charge < -0.3 is 19.9 Å². The van der Waals surface area contributed by atoms with E-state index in [1.54, 1.807) is 7.11 Å². The van der Waals surface area contributed by atoms with Gasteiger partial charge in [0, 0.05) is 39.6 Å². The van der Waals surface area contributed by atoms with Crippen molar-refractivity contribution >= 4 is 0 Å². The highest BCUT2D eigenvalue weighted by Gasteiger charge is 2.40. The van der Waals surface area contributed by atoms with Gasteiger partial charge in [0.25, 0.3) is 0 Å². The van der Waals surface area contributed by atoms with Crippen molar-refractivity contribution < 1.29 is 14.2 Å². The van der Waals surface area contributed by atoms with Crippen molar-refractivity contribution in [2.75, 3.05) is 33.5 Å². The monoisotopic (exact) mass is 271 g/mol. The minimum Gasteiger partial charge on any atom is -0.384 e. The summed E-state index contributed by atoms with van der Waals surface area (Å²) in [5.41, 5.74) is 6.49. The third-order valence-corrected chi connectivity index (χ3v) is 4.67. The lowest BCUT2D eigenvalue weighted by Gasteiger charge is -2.45. The van der Waals surface area contributed by atoms with Gasteiger partial charge in [0.15, 0.2) is 0 Å². The summed E-state index contributed by atoms with van der Waals surface area (Å²) in [6, 6.07) is 0.272. The highest BCUT2D eigenvalue weighted by atomic mass is 16.5. The first-order valence-electron chi connectivity index (χ1n) is 7.61. The molecule has 3 atom stereocenters. The average Bonchev–Trinajstić information content (AvgIpc) is 2.40. The van der Waals surface area contributed by atoms with Crippen LogP contribution in [0.15, 0.2) is 0 Å². The Morgan fingerprint density at radius 2 is 2.05 bits per heavy atom. The molecule has 0 aliphatic carbocycles. The Labute approximate surface area is 117 Å². The molecule has 0 aromatic heterocycles. The number of hydrogen-bond donors (Lipinski definition) is 1. The molecule has 4 heteroatoms. The van der Waals surface area contributed by atoms with Crippen molar-refractivity contribution in [2.45, 2.75) is 50.7 Å². The largest absolute Gasteiger partial charge is 0.384 e. The Hall–Kier alpha value is -0.160. The van der Waals surface area contributed by atoms with E-state index in [-0.39, 0.29) is 11.6 Å². The molecule has 2 aliphatic heterocycles. The third-order valence-electron chi connectivity index (χ3n) is 4.67. The van der Waals surface area contributed by atoms with E-state index in [0.717, 1.165) is 58.5 Å². The molecule has 4 nitrogen and oxygen atoms in total. The Bertz CT molecular complexity index is 261. The van der Waals surface area contributed by atoms with Crippen LogP contribution in [0.2, 0.25) is 0 Å². The number of ether oxygens (including phenoxy) is 3. The highest BCUT2D eigenvalue weighted by molar-refractivity contribution is 4.92. The maximum atomic E-state index is 6.43. The molecular weight excluding hydrogens is 242 g/mol. The minimum absolute atomic E-state index is 0.0588. The van der Waals surface area contributed by atoms with Gasteiger partial charge in [0.2, 0.25) is 0 Å². The lowest BCUT2D eigenvalue weighted by Crippen LogP contribution is -2.48. The van der Waals surface area contributed by atoms with Gasteiger partial charge in [-0.25, -0.2) is 0 Å². The smallest absolute Gasteiger partial charge is 0.0729 e. The van der Waals surface area contributed by atoms with Crippen LogP contribution in [0.1, 0.15) is 39.0 Å². The zero-order valence-electron chi connectivity index (χ0n) is 12.4. The van der Waals surface area contributed by atoms with Gasteiger partial charge in [-0.3, -0.25) is 0 Å². The van der Waals surface area contributed by atoms with Crippen molar-refractivity contribution in [3.8, 4) is 0 Å². The van der Waals surface area contributed by atoms with E-state index in [2.05, 4.69) is 6.92 Å². The number of hydrogen-bond acceptors (Lipinski definition) is 4. The van der Waals surface area contributed by atoms with Crippen LogP contribution in [0.4, 0.5) is 0 Å². The first-order valence-corrected chi connectivity index (χ1v) is 7.61. The van der Waals surface area contributed by atoms with Crippen LogP contribution < -0.4 is 5.73 Å². The van der Waals surface area contributed by atoms with Crippen LogP contribution in [0, 0.1) is 11.8 Å². The molecule has 2 N–H and O–H groups in total. The molecule has 19 heavy (non-hydrogen) atoms. The van der Waals surface area contributed by atoms with Crippen LogP contribution in [0.3, 0.4) is 0 Å². The Balaban J connectivity index is 1.85. The van der Waals surface area contributed by atoms with Crippen LogP contribution in [0.5, 0.6) is 0 Å². The Kier molecular flexibility index (Phi) is 5.63. The predicted octanol–water partition coefficient (Wildman–Crippen LogP) is 1.96. The fraction of sp³-hybridized carbons (Fsp3) is 1.00. The van der Waals surface area contributed by atoms with Crippen LogP contribution in [-0.2, 0) is 14.2 Å². The van der Waals surface area contributed by atoms with Gasteiger partial charge in [-0.15, -0.1) is 0 Å². The maximum Gasteiger partial charge on any atom is 0.0729 e. The summed E-state index contributed by atoms with van der Waals surface area (Å²) in [6.07, 6.45) is 5.32. The van der Waals surface area contributed by atoms with E-state index in [1.807, 2.05) is 0 Å². The summed E-state index contributed by atoms with van der Waals surface area (Å²) < 4.78 is 16.7. The van der Waals surface area contributed by atoms with Crippen molar-refractivity contribution in [3.05, 3.63) is 0 Å². The van der Waals surface area contributed by atoms with Crippen molar-refractivity contribution in [2.24, 2.45) is 17.6 Å². The lowest BCUT2D eigenvalue weighted by molar-refractivity contribution is -0.149. The number of nitrogens with two attached hydrogens (primary N) is 1. The van der Waals surface area contributed by atoms with Gasteiger partial charge in [-0.2, -0.15) is 0 Å². The molecule has 0 bridgehead atoms. The summed E-state index contributed by atoms with van der Waals surface area (Å²) in [7, 11) is 1.76. The van der Waals surface area contributed by atoms with Gasteiger partial charge in [-0.05, 0) is 43.9 Å². The number of methoxy groups -OCH3 is 1. The average molecular weight is 271 g/mol. The summed E-state index contributed by atoms with van der Waals surface area (Å²) in [5, 5.41) is 0. The normalized spacial score (nSPS) is 30.2. The molecular formula is C15H29NO3. The fourth-order valence-electron chi connectivity index (χ4n) is 3.53. The van der Waals surface area contributed by atoms with Crippen LogP contribution in [0.25, 0.3) is 0 Å². The van der Waals surface area contributed by atoms with Gasteiger partial charge in [0.1, 0.15) is 0 Å². The zero-order chi connectivity index (χ0) is 13.7. The third kappa shape index (κ3) is 4.15. The molecule has 0 saturated carbocycles. The molecule has 0 radical (unpaired) electrons. The predicted molar refractivity (Wildman–Crippen MR) is 75.1 cm³/mol. The second-order valence-corrected chi connectivity index (χ2v) is 6.36. The molecule has 2 aliphatic rings. The van der Waals surface area contributed by atoms with Crippen molar-refractivity contribution in [1.29, 1.82) is 0 Å². The van der Waals surface area contributed by atoms with Crippen molar-refractivity contribution in [1.82, 2.24) is 0 Å². The number of rotatable bonds is 5. The van der Waals surface area contributed by atoms with Crippen LogP contribution in [-0.4, -0.2) is 45.2 Å². The summed E-state index contributed by atoms with van der Waals surface area (Å²) in [5.74, 6) is 1.12. The molecule has 1 spiro atoms. The first kappa shape index (κ1) is 15.2. The zero-order valence-corrected chi connectivity index (χ0v) is 12.4. The second-order valence-electron chi connectivity index (χ2n) is 6.36. The fourth-order valence-corrected chi connectivity index (χ4v) is 3.53. The Morgan fingerprint density at radius 1 is 1.32 bits per heavy atom. The van der Waals surface area contributed by atoms with E-state index in [4.69, 9.17) is 19.9 Å². The molecule has 2 rings (SSSR count). The summed E-state index contributed by atoms with van der Waals surface area (Å²) in [4.78, 5) is 0. The Morgan fingerprint density at radius 3 is 2.74 bits per heavy atom. The maximum absolute atomic E-state index is 6.43. The van der Waals surface area contributed by atoms with E-state index < -0.39 is 0 Å². The van der Waals surface area contributed by atoms with Crippen LogP contribution >= 0.6 is 0 Å². The first-order chi connectivity index (χ1) is 9.15. The second kappa shape index (κ2) is 7.02. The quantitative estimate of drug-likeness (QED) is 0.830. The summed E-state index contributed by atoms with van der Waals surface area (Å²) in [6.45, 7) is 5.55. The molecule has 2 saturated heterocycles. The molecule has 3 unspecified atom stereocenters. The lowest BCUT2D eigenvalue weighted by atomic mass is 9.76. The molecule has 2 heterocycles. The van der Waals surface area contributed by atoms with E-state index >= 15 is 0 Å². The highest BCUT2D eigenvalue weighted by Crippen LogP contribution is 2.38. The molecule has 2 fully saturated rings. The van der Waals surface area contributed by atoms with E-state index in [1.165, 1.54) is 0 Å². The summed E-state index contributed by atoms with van der Waals surface area (Å²) >= 11 is 0. The SMILES string of the molecule is COCC(C)CC(N)C1CCOC2(CCOCC2)C1. The molecule has 112 valence electrons. The van der Waals surface area contributed by atoms with Crippen molar-refractivity contribution in [3.63, 3.8) is 0 Å².